The molecule has 6 atom stereocenters. The van der Waals surface area contributed by atoms with E-state index in [2.05, 4.69) is 71.3 Å². The Kier molecular flexibility index (Phi) is 17.4. The first-order valence-corrected chi connectivity index (χ1v) is 18.4. The van der Waals surface area contributed by atoms with Crippen molar-refractivity contribution in [2.45, 2.75) is 13.8 Å². The molecule has 0 aliphatic heterocycles. The van der Waals surface area contributed by atoms with Gasteiger partial charge in [0.05, 0.1) is 0 Å². The van der Waals surface area contributed by atoms with E-state index in [1.807, 2.05) is 37.5 Å². The quantitative estimate of drug-likeness (QED) is 0.135. The zero-order valence-corrected chi connectivity index (χ0v) is 24.7. The molecule has 0 spiro atoms. The Morgan fingerprint density at radius 3 is 1.23 bits per heavy atom. The van der Waals surface area contributed by atoms with Crippen LogP contribution in [0.2, 0.25) is 0 Å². The summed E-state index contributed by atoms with van der Waals surface area (Å²) in [7, 11) is 27.7. The summed E-state index contributed by atoms with van der Waals surface area (Å²) < 4.78 is 16.3. The summed E-state index contributed by atoms with van der Waals surface area (Å²) in [6.45, 7) is 5.48. The van der Waals surface area contributed by atoms with Crippen molar-refractivity contribution >= 4 is 95.4 Å². The molecule has 0 aromatic rings. The summed E-state index contributed by atoms with van der Waals surface area (Å²) in [4.78, 5) is 0. The molecule has 0 saturated carbocycles. The monoisotopic (exact) mass is 658 g/mol. The van der Waals surface area contributed by atoms with Crippen LogP contribution in [-0.4, -0.2) is 56.1 Å². The molecule has 0 aliphatic rings. The van der Waals surface area contributed by atoms with Gasteiger partial charge in [-0.05, 0) is 0 Å². The van der Waals surface area contributed by atoms with Gasteiger partial charge in [-0.3, -0.25) is 0 Å². The van der Waals surface area contributed by atoms with Crippen molar-refractivity contribution < 1.29 is 11.3 Å². The van der Waals surface area contributed by atoms with E-state index in [0.717, 1.165) is 13.2 Å². The first-order valence-electron chi connectivity index (χ1n) is 6.20. The average molecular weight is 658 g/mol. The molecule has 0 fully saturated rings. The van der Waals surface area contributed by atoms with Gasteiger partial charge < -0.3 is 0 Å². The van der Waals surface area contributed by atoms with Crippen molar-refractivity contribution in [3.63, 3.8) is 0 Å². The summed E-state index contributed by atoms with van der Waals surface area (Å²) in [6, 6.07) is 0. The molecule has 140 valence electrons. The van der Waals surface area contributed by atoms with Gasteiger partial charge in [0.1, 0.15) is 0 Å². The molecular weight excluding hydrogens is 626 g/mol. The van der Waals surface area contributed by atoms with E-state index < -0.39 is 38.2 Å². The van der Waals surface area contributed by atoms with E-state index in [0.29, 0.717) is 5.15 Å². The van der Waals surface area contributed by atoms with Crippen molar-refractivity contribution in [1.82, 2.24) is 9.56 Å². The van der Waals surface area contributed by atoms with Gasteiger partial charge in [-0.1, -0.05) is 0 Å². The standard InChI is InChI=1S/2C4H16IN2OP2S/c2*1-4-8-5(11)7(3,10)6(2)9/h2*11H,4,9-10H2,1-3H3/q2*+1. The second-order valence-electron chi connectivity index (χ2n) is 4.20. The molecular formula is C8H32I2N4O2P4S2+2. The van der Waals surface area contributed by atoms with E-state index in [4.69, 9.17) is 6.13 Å². The third-order valence-corrected chi connectivity index (χ3v) is 22.5. The van der Waals surface area contributed by atoms with Gasteiger partial charge in [0, 0.05) is 0 Å². The number of rotatable bonds is 8. The van der Waals surface area contributed by atoms with Crippen LogP contribution in [0.15, 0.2) is 0 Å². The molecule has 0 rings (SSSR count). The van der Waals surface area contributed by atoms with E-state index in [9.17, 15) is 0 Å². The molecule has 14 heteroatoms. The Morgan fingerprint density at radius 2 is 1.09 bits per heavy atom. The Hall–Kier alpha value is 3.64. The molecule has 0 amide bonds. The molecule has 6 nitrogen and oxygen atoms in total. The van der Waals surface area contributed by atoms with Crippen molar-refractivity contribution in [3.05, 3.63) is 0 Å². The van der Waals surface area contributed by atoms with Crippen LogP contribution in [0, 0.1) is 0 Å². The van der Waals surface area contributed by atoms with Crippen LogP contribution >= 0.6 is 95.4 Å². The second-order valence-corrected chi connectivity index (χ2v) is 21.3. The first-order chi connectivity index (χ1) is 9.85. The summed E-state index contributed by atoms with van der Waals surface area (Å²) in [5.41, 5.74) is 0. The number of nitrogens with zero attached hydrogens (tertiary/aromatic N) is 4. The summed E-state index contributed by atoms with van der Waals surface area (Å²) >= 11 is -3.28. The maximum absolute atomic E-state index is 5.49. The van der Waals surface area contributed by atoms with Gasteiger partial charge in [0.25, 0.3) is 0 Å². The minimum atomic E-state index is -1.64. The number of hydrogen-bond donors (Lipinski definition) is 2. The Labute approximate surface area is 170 Å². The minimum absolute atomic E-state index is 0.658. The third-order valence-electron chi connectivity index (χ3n) is 2.23. The Morgan fingerprint density at radius 1 is 0.864 bits per heavy atom. The van der Waals surface area contributed by atoms with E-state index >= 15 is 0 Å². The molecule has 22 heavy (non-hydrogen) atoms. The molecule has 0 heterocycles. The third kappa shape index (κ3) is 10.7. The molecule has 0 aliphatic carbocycles. The van der Waals surface area contributed by atoms with Crippen LogP contribution in [0.25, 0.3) is 0 Å². The second kappa shape index (κ2) is 13.8. The number of hydrogen-bond acceptors (Lipinski definition) is 6. The Balaban J connectivity index is 0. The van der Waals surface area contributed by atoms with Crippen molar-refractivity contribution in [2.75, 3.05) is 41.4 Å². The SMILES string of the molecule is CCOI(S)[N+](C)(P)N(C)P.CCOI(S)[N+](C)(P)N(C)P. The van der Waals surface area contributed by atoms with E-state index in [-0.39, 0.29) is 0 Å². The number of quaternary nitrogens is 2. The predicted molar refractivity (Wildman–Crippen MR) is 136 cm³/mol. The van der Waals surface area contributed by atoms with Gasteiger partial charge in [0.15, 0.2) is 0 Å². The van der Waals surface area contributed by atoms with Crippen molar-refractivity contribution in [2.24, 2.45) is 0 Å². The van der Waals surface area contributed by atoms with E-state index in [1.54, 1.807) is 0 Å². The zero-order valence-electron chi connectivity index (χ0n) is 14.0. The molecule has 0 N–H and O–H groups in total. The van der Waals surface area contributed by atoms with Crippen LogP contribution in [0.1, 0.15) is 13.8 Å². The van der Waals surface area contributed by atoms with Gasteiger partial charge in [0.2, 0.25) is 0 Å². The van der Waals surface area contributed by atoms with Crippen LogP contribution < -0.4 is 0 Å². The predicted octanol–water partition coefficient (Wildman–Crippen LogP) is 4.16. The van der Waals surface area contributed by atoms with Crippen LogP contribution in [0.4, 0.5) is 0 Å². The molecule has 0 bridgehead atoms. The van der Waals surface area contributed by atoms with Crippen molar-refractivity contribution in [3.8, 4) is 0 Å². The molecule has 6 unspecified atom stereocenters. The first kappa shape index (κ1) is 27.9. The molecule has 0 radical (unpaired) electrons. The summed E-state index contributed by atoms with van der Waals surface area (Å²) in [5, 5.41) is 0. The van der Waals surface area contributed by atoms with Gasteiger partial charge in [-0.15, -0.1) is 0 Å². The molecule has 0 aromatic heterocycles. The fourth-order valence-electron chi connectivity index (χ4n) is 0.597. The summed E-state index contributed by atoms with van der Waals surface area (Å²) in [6.07, 6.45) is 0. The number of thiol groups is 2. The fraction of sp³-hybridized carbons (Fsp3) is 1.00. The number of halogens is 2. The average Bonchev–Trinajstić information content (AvgIpc) is 2.39. The van der Waals surface area contributed by atoms with Gasteiger partial charge in [-0.25, -0.2) is 0 Å². The molecule has 0 saturated heterocycles. The molecule has 0 aromatic carbocycles. The van der Waals surface area contributed by atoms with Crippen LogP contribution in [0.3, 0.4) is 0 Å². The van der Waals surface area contributed by atoms with Crippen LogP contribution in [-0.2, 0) is 6.13 Å². The fourth-order valence-corrected chi connectivity index (χ4v) is 9.55. The topological polar surface area (TPSA) is 24.9 Å². The normalized spacial score (nSPS) is 18.3. The van der Waals surface area contributed by atoms with Crippen molar-refractivity contribution in [1.29, 1.82) is 0 Å². The Bertz CT molecular complexity index is 281. The van der Waals surface area contributed by atoms with Crippen LogP contribution in [0.5, 0.6) is 0 Å². The van der Waals surface area contributed by atoms with E-state index in [1.165, 1.54) is 0 Å². The van der Waals surface area contributed by atoms with Gasteiger partial charge in [-0.2, -0.15) is 0 Å². The maximum atomic E-state index is 5.49. The zero-order chi connectivity index (χ0) is 18.1. The summed E-state index contributed by atoms with van der Waals surface area (Å²) in [5.74, 6) is 0. The van der Waals surface area contributed by atoms with Gasteiger partial charge >= 0.3 is 172 Å².